The van der Waals surface area contributed by atoms with Crippen molar-refractivity contribution in [3.05, 3.63) is 40.2 Å². The minimum atomic E-state index is -3.67. The lowest BCUT2D eigenvalue weighted by Crippen LogP contribution is -2.24. The lowest BCUT2D eigenvalue weighted by molar-refractivity contribution is 0.490. The maximum Gasteiger partial charge on any atom is 0.269 e. The minimum Gasteiger partial charge on any atom is -0.383 e. The summed E-state index contributed by atoms with van der Waals surface area (Å²) in [6.45, 7) is 0.887. The fourth-order valence-corrected chi connectivity index (χ4v) is 2.53. The molecule has 2 aromatic rings. The first-order chi connectivity index (χ1) is 11.7. The Labute approximate surface area is 146 Å². The third-order valence-electron chi connectivity index (χ3n) is 3.62. The third kappa shape index (κ3) is 5.30. The summed E-state index contributed by atoms with van der Waals surface area (Å²) in [7, 11) is 0.347. The molecule has 1 aromatic heterocycles. The highest BCUT2D eigenvalue weighted by Crippen LogP contribution is 2.31. The van der Waals surface area contributed by atoms with Gasteiger partial charge < -0.3 is 10.2 Å². The quantitative estimate of drug-likeness (QED) is 0.687. The second-order valence-electron chi connectivity index (χ2n) is 5.96. The van der Waals surface area contributed by atoms with E-state index in [1.54, 1.807) is 0 Å². The van der Waals surface area contributed by atoms with Crippen molar-refractivity contribution in [1.29, 1.82) is 0 Å². The Morgan fingerprint density at radius 1 is 1.28 bits per heavy atom. The predicted molar refractivity (Wildman–Crippen MR) is 98.9 cm³/mol. The summed E-state index contributed by atoms with van der Waals surface area (Å²) in [4.78, 5) is 13.9. The fourth-order valence-electron chi connectivity index (χ4n) is 2.53. The van der Waals surface area contributed by atoms with Gasteiger partial charge in [0.15, 0.2) is 0 Å². The number of hydrogen-bond donors (Lipinski definition) is 3. The van der Waals surface area contributed by atoms with E-state index in [1.165, 1.54) is 0 Å². The number of aromatic amines is 1. The van der Waals surface area contributed by atoms with E-state index < -0.39 is 10.1 Å². The van der Waals surface area contributed by atoms with E-state index in [9.17, 15) is 13.2 Å². The lowest BCUT2D eigenvalue weighted by Gasteiger charge is -2.20. The average molecular weight is 366 g/mol. The molecule has 0 unspecified atom stereocenters. The van der Waals surface area contributed by atoms with Gasteiger partial charge >= 0.3 is 0 Å². The molecule has 0 saturated heterocycles. The van der Waals surface area contributed by atoms with Crippen molar-refractivity contribution in [2.24, 2.45) is 0 Å². The van der Waals surface area contributed by atoms with Gasteiger partial charge in [0.25, 0.3) is 15.7 Å². The zero-order valence-electron chi connectivity index (χ0n) is 14.4. The Morgan fingerprint density at radius 3 is 2.60 bits per heavy atom. The predicted octanol–water partition coefficient (Wildman–Crippen LogP) is 1.37. The van der Waals surface area contributed by atoms with Crippen LogP contribution in [0.4, 0.5) is 11.4 Å². The molecule has 9 heteroatoms. The smallest absolute Gasteiger partial charge is 0.269 e. The van der Waals surface area contributed by atoms with Gasteiger partial charge in [0.1, 0.15) is 5.69 Å². The summed E-state index contributed by atoms with van der Waals surface area (Å²) in [6, 6.07) is 8.16. The monoisotopic (exact) mass is 366 g/mol. The highest BCUT2D eigenvalue weighted by Gasteiger charge is 2.18. The highest BCUT2D eigenvalue weighted by molar-refractivity contribution is 7.85. The second-order valence-corrected chi connectivity index (χ2v) is 7.43. The van der Waals surface area contributed by atoms with E-state index in [4.69, 9.17) is 4.55 Å². The number of fused-ring (bicyclic) bond motifs is 1. The van der Waals surface area contributed by atoms with Crippen LogP contribution in [0.2, 0.25) is 0 Å². The van der Waals surface area contributed by atoms with Gasteiger partial charge in [0.2, 0.25) is 0 Å². The number of hydrogen-bond acceptors (Lipinski definition) is 6. The van der Waals surface area contributed by atoms with E-state index in [1.807, 2.05) is 26.2 Å². The highest BCUT2D eigenvalue weighted by atomic mass is 32.2. The third-order valence-corrected chi connectivity index (χ3v) is 3.62. The van der Waals surface area contributed by atoms with Gasteiger partial charge in [-0.3, -0.25) is 9.35 Å². The van der Waals surface area contributed by atoms with Crippen LogP contribution in [0.25, 0.3) is 11.3 Å². The summed E-state index contributed by atoms with van der Waals surface area (Å²) in [5, 5.41) is 10.2. The Balaban J connectivity index is 0.000000399. The van der Waals surface area contributed by atoms with Gasteiger partial charge in [-0.2, -0.15) is 13.5 Å². The second kappa shape index (κ2) is 7.66. The molecule has 0 fully saturated rings. The van der Waals surface area contributed by atoms with E-state index in [2.05, 4.69) is 32.5 Å². The largest absolute Gasteiger partial charge is 0.383 e. The maximum absolute atomic E-state index is 11.9. The Hall–Kier alpha value is -2.39. The molecule has 1 aliphatic rings. The van der Waals surface area contributed by atoms with Crippen LogP contribution in [-0.4, -0.2) is 50.1 Å². The summed E-state index contributed by atoms with van der Waals surface area (Å²) >= 11 is 0. The van der Waals surface area contributed by atoms with Crippen LogP contribution in [-0.2, 0) is 16.5 Å². The first kappa shape index (κ1) is 18.9. The number of nitrogens with one attached hydrogen (secondary N) is 2. The molecule has 0 aliphatic carbocycles. The van der Waals surface area contributed by atoms with Gasteiger partial charge in [-0.15, -0.1) is 0 Å². The Morgan fingerprint density at radius 2 is 1.96 bits per heavy atom. The number of rotatable bonds is 2. The molecule has 0 saturated carbocycles. The van der Waals surface area contributed by atoms with Crippen molar-refractivity contribution < 1.29 is 13.0 Å². The first-order valence-corrected chi connectivity index (χ1v) is 9.57. The van der Waals surface area contributed by atoms with E-state index in [0.717, 1.165) is 47.6 Å². The van der Waals surface area contributed by atoms with Crippen molar-refractivity contribution >= 4 is 21.5 Å². The van der Waals surface area contributed by atoms with Crippen molar-refractivity contribution in [3.8, 4) is 11.3 Å². The van der Waals surface area contributed by atoms with Crippen molar-refractivity contribution in [3.63, 3.8) is 0 Å². The molecule has 0 atom stereocenters. The molecule has 8 nitrogen and oxygen atoms in total. The first-order valence-electron chi connectivity index (χ1n) is 7.72. The number of benzene rings is 1. The molecule has 3 rings (SSSR count). The minimum absolute atomic E-state index is 0.0836. The fraction of sp³-hybridized carbons (Fsp3) is 0.375. The molecule has 3 N–H and O–H groups in total. The Bertz CT molecular complexity index is 899. The van der Waals surface area contributed by atoms with E-state index in [-0.39, 0.29) is 5.56 Å². The molecule has 0 bridgehead atoms. The standard InChI is InChI=1S/C15H18N4O.CH4O3S/c1-19(2)11-6-3-5-10(9-11)13-14-12(7-4-8-16-14)15(20)18-17-13;1-5(2,3)4/h3,5-6,9,16H,4,7-8H2,1-2H3,(H,18,20);1H3,(H,2,3,4). The molecule has 136 valence electrons. The molecule has 1 aromatic carbocycles. The molecule has 25 heavy (non-hydrogen) atoms. The van der Waals surface area contributed by atoms with Gasteiger partial charge in [0, 0.05) is 37.5 Å². The molecule has 0 spiro atoms. The van der Waals surface area contributed by atoms with Gasteiger partial charge in [-0.05, 0) is 25.0 Å². The van der Waals surface area contributed by atoms with Crippen LogP contribution in [0.3, 0.4) is 0 Å². The molecular weight excluding hydrogens is 344 g/mol. The van der Waals surface area contributed by atoms with Crippen LogP contribution in [0.15, 0.2) is 29.1 Å². The van der Waals surface area contributed by atoms with E-state index in [0.29, 0.717) is 6.26 Å². The number of aromatic nitrogens is 2. The Kier molecular flexibility index (Phi) is 5.81. The van der Waals surface area contributed by atoms with Crippen LogP contribution < -0.4 is 15.8 Å². The number of nitrogens with zero attached hydrogens (tertiary/aromatic N) is 2. The summed E-state index contributed by atoms with van der Waals surface area (Å²) in [6.07, 6.45) is 2.50. The lowest BCUT2D eigenvalue weighted by atomic mass is 10.0. The summed E-state index contributed by atoms with van der Waals surface area (Å²) in [5.74, 6) is 0. The number of H-pyrrole nitrogens is 1. The van der Waals surface area contributed by atoms with Gasteiger partial charge in [-0.1, -0.05) is 12.1 Å². The molecule has 2 heterocycles. The average Bonchev–Trinajstić information content (AvgIpc) is 2.54. The van der Waals surface area contributed by atoms with Crippen molar-refractivity contribution in [2.45, 2.75) is 12.8 Å². The van der Waals surface area contributed by atoms with Crippen molar-refractivity contribution in [1.82, 2.24) is 10.2 Å². The van der Waals surface area contributed by atoms with E-state index >= 15 is 0 Å². The zero-order chi connectivity index (χ0) is 18.6. The van der Waals surface area contributed by atoms with Crippen LogP contribution >= 0.6 is 0 Å². The molecule has 0 amide bonds. The van der Waals surface area contributed by atoms with Gasteiger partial charge in [0.05, 0.1) is 11.9 Å². The SMILES string of the molecule is CN(C)c1cccc(-c2n[nH]c(=O)c3c2NCCC3)c1.CS(=O)(=O)O. The molecule has 0 radical (unpaired) electrons. The molecular formula is C16H22N4O4S. The topological polar surface area (TPSA) is 115 Å². The zero-order valence-corrected chi connectivity index (χ0v) is 15.2. The normalized spacial score (nSPS) is 13.1. The van der Waals surface area contributed by atoms with Crippen LogP contribution in [0.1, 0.15) is 12.0 Å². The van der Waals surface area contributed by atoms with Crippen molar-refractivity contribution in [2.75, 3.05) is 37.1 Å². The van der Waals surface area contributed by atoms with Crippen LogP contribution in [0, 0.1) is 0 Å². The summed E-state index contributed by atoms with van der Waals surface area (Å²) < 4.78 is 25.9. The number of anilines is 2. The van der Waals surface area contributed by atoms with Crippen LogP contribution in [0.5, 0.6) is 0 Å². The molecule has 1 aliphatic heterocycles. The van der Waals surface area contributed by atoms with Gasteiger partial charge in [-0.25, -0.2) is 5.10 Å². The maximum atomic E-state index is 11.9. The summed E-state index contributed by atoms with van der Waals surface area (Å²) in [5.41, 5.74) is 4.56.